The minimum Gasteiger partial charge on any atom is -0.354 e. The molecule has 7 nitrogen and oxygen atoms in total. The van der Waals surface area contributed by atoms with Gasteiger partial charge in [0.1, 0.15) is 0 Å². The standard InChI is InChI=1S/C20H34N4O3/c25-18(21-9-12-23-11-5-4-8-19(23)26)14-17-20(27)22-10-13-24(17)15-16-6-2-1-3-7-16/h16-17H,1-15H2,(H,21,25)(H,22,27)/t17-/m0/s1. The topological polar surface area (TPSA) is 81.8 Å². The summed E-state index contributed by atoms with van der Waals surface area (Å²) >= 11 is 0. The Morgan fingerprint density at radius 3 is 2.67 bits per heavy atom. The van der Waals surface area contributed by atoms with E-state index in [1.54, 1.807) is 0 Å². The van der Waals surface area contributed by atoms with Crippen LogP contribution in [-0.2, 0) is 14.4 Å². The SMILES string of the molecule is O=C(C[C@H]1C(=O)NCCN1CC1CCCCC1)NCCN1CCCCC1=O. The van der Waals surface area contributed by atoms with Gasteiger partial charge >= 0.3 is 0 Å². The van der Waals surface area contributed by atoms with E-state index in [0.717, 1.165) is 32.5 Å². The van der Waals surface area contributed by atoms with Crippen LogP contribution in [0.2, 0.25) is 0 Å². The molecule has 2 heterocycles. The van der Waals surface area contributed by atoms with E-state index in [1.165, 1.54) is 32.1 Å². The average molecular weight is 379 g/mol. The molecule has 152 valence electrons. The van der Waals surface area contributed by atoms with E-state index < -0.39 is 0 Å². The fourth-order valence-corrected chi connectivity index (χ4v) is 4.58. The molecule has 3 fully saturated rings. The number of hydrogen-bond donors (Lipinski definition) is 2. The fourth-order valence-electron chi connectivity index (χ4n) is 4.58. The number of rotatable bonds is 7. The fraction of sp³-hybridized carbons (Fsp3) is 0.850. The van der Waals surface area contributed by atoms with Crippen LogP contribution in [0, 0.1) is 5.92 Å². The van der Waals surface area contributed by atoms with Crippen LogP contribution in [0.5, 0.6) is 0 Å². The molecule has 0 unspecified atom stereocenters. The van der Waals surface area contributed by atoms with E-state index >= 15 is 0 Å². The lowest BCUT2D eigenvalue weighted by Gasteiger charge is -2.37. The Kier molecular flexibility index (Phi) is 7.50. The van der Waals surface area contributed by atoms with Gasteiger partial charge in [0.2, 0.25) is 17.7 Å². The zero-order chi connectivity index (χ0) is 19.1. The molecule has 0 aromatic carbocycles. The van der Waals surface area contributed by atoms with Gasteiger partial charge in [-0.3, -0.25) is 19.3 Å². The minimum atomic E-state index is -0.364. The average Bonchev–Trinajstić information content (AvgIpc) is 2.67. The molecular weight excluding hydrogens is 344 g/mol. The first-order valence-electron chi connectivity index (χ1n) is 10.7. The first-order chi connectivity index (χ1) is 13.1. The second kappa shape index (κ2) is 10.1. The third kappa shape index (κ3) is 5.92. The summed E-state index contributed by atoms with van der Waals surface area (Å²) in [5.41, 5.74) is 0. The third-order valence-electron chi connectivity index (χ3n) is 6.16. The number of hydrogen-bond acceptors (Lipinski definition) is 4. The van der Waals surface area contributed by atoms with Gasteiger partial charge in [-0.1, -0.05) is 19.3 Å². The van der Waals surface area contributed by atoms with Crippen molar-refractivity contribution in [2.24, 2.45) is 5.92 Å². The maximum atomic E-state index is 12.4. The van der Waals surface area contributed by atoms with Crippen LogP contribution in [0.1, 0.15) is 57.8 Å². The van der Waals surface area contributed by atoms with Crippen molar-refractivity contribution < 1.29 is 14.4 Å². The highest BCUT2D eigenvalue weighted by molar-refractivity contribution is 5.88. The summed E-state index contributed by atoms with van der Waals surface area (Å²) < 4.78 is 0. The number of carbonyl (C=O) groups is 3. The van der Waals surface area contributed by atoms with Gasteiger partial charge in [0, 0.05) is 45.7 Å². The van der Waals surface area contributed by atoms with Crippen LogP contribution >= 0.6 is 0 Å². The summed E-state index contributed by atoms with van der Waals surface area (Å²) in [6.07, 6.45) is 9.19. The molecule has 1 atom stereocenters. The molecule has 0 aromatic rings. The number of likely N-dealkylation sites (tertiary alicyclic amines) is 1. The maximum absolute atomic E-state index is 12.4. The summed E-state index contributed by atoms with van der Waals surface area (Å²) in [6, 6.07) is -0.364. The number of piperazine rings is 1. The Morgan fingerprint density at radius 2 is 1.89 bits per heavy atom. The Bertz CT molecular complexity index is 533. The predicted molar refractivity (Wildman–Crippen MR) is 103 cm³/mol. The number of carbonyl (C=O) groups excluding carboxylic acids is 3. The van der Waals surface area contributed by atoms with Crippen LogP contribution in [0.3, 0.4) is 0 Å². The monoisotopic (exact) mass is 378 g/mol. The first-order valence-corrected chi connectivity index (χ1v) is 10.7. The van der Waals surface area contributed by atoms with Gasteiger partial charge < -0.3 is 15.5 Å². The van der Waals surface area contributed by atoms with Crippen molar-refractivity contribution in [1.29, 1.82) is 0 Å². The summed E-state index contributed by atoms with van der Waals surface area (Å²) in [5, 5.41) is 5.81. The van der Waals surface area contributed by atoms with Crippen molar-refractivity contribution >= 4 is 17.7 Å². The molecule has 2 saturated heterocycles. The lowest BCUT2D eigenvalue weighted by atomic mass is 9.88. The Morgan fingerprint density at radius 1 is 1.07 bits per heavy atom. The molecule has 2 N–H and O–H groups in total. The molecular formula is C20H34N4O3. The Hall–Kier alpha value is -1.63. The Labute approximate surface area is 162 Å². The van der Waals surface area contributed by atoms with Crippen LogP contribution in [-0.4, -0.2) is 72.8 Å². The summed E-state index contributed by atoms with van der Waals surface area (Å²) in [5.74, 6) is 0.703. The highest BCUT2D eigenvalue weighted by Gasteiger charge is 2.33. The van der Waals surface area contributed by atoms with Crippen molar-refractivity contribution in [3.8, 4) is 0 Å². The molecule has 3 amide bonds. The Balaban J connectivity index is 1.44. The highest BCUT2D eigenvalue weighted by Crippen LogP contribution is 2.25. The molecule has 0 radical (unpaired) electrons. The van der Waals surface area contributed by atoms with Gasteiger partial charge in [0.25, 0.3) is 0 Å². The van der Waals surface area contributed by atoms with E-state index in [2.05, 4.69) is 15.5 Å². The van der Waals surface area contributed by atoms with Crippen molar-refractivity contribution in [2.45, 2.75) is 63.8 Å². The zero-order valence-corrected chi connectivity index (χ0v) is 16.4. The van der Waals surface area contributed by atoms with Crippen LogP contribution in [0.25, 0.3) is 0 Å². The maximum Gasteiger partial charge on any atom is 0.237 e. The van der Waals surface area contributed by atoms with Crippen molar-refractivity contribution in [3.05, 3.63) is 0 Å². The lowest BCUT2D eigenvalue weighted by molar-refractivity contribution is -0.134. The zero-order valence-electron chi connectivity index (χ0n) is 16.4. The highest BCUT2D eigenvalue weighted by atomic mass is 16.2. The molecule has 2 aliphatic heterocycles. The van der Waals surface area contributed by atoms with E-state index in [-0.39, 0.29) is 30.2 Å². The largest absolute Gasteiger partial charge is 0.354 e. The third-order valence-corrected chi connectivity index (χ3v) is 6.16. The van der Waals surface area contributed by atoms with Gasteiger partial charge in [0.05, 0.1) is 12.5 Å². The predicted octanol–water partition coefficient (Wildman–Crippen LogP) is 0.886. The van der Waals surface area contributed by atoms with Gasteiger partial charge in [-0.15, -0.1) is 0 Å². The smallest absolute Gasteiger partial charge is 0.237 e. The van der Waals surface area contributed by atoms with E-state index in [0.29, 0.717) is 32.0 Å². The molecule has 0 aromatic heterocycles. The van der Waals surface area contributed by atoms with E-state index in [1.807, 2.05) is 4.90 Å². The van der Waals surface area contributed by atoms with Crippen molar-refractivity contribution in [2.75, 3.05) is 39.3 Å². The minimum absolute atomic E-state index is 0.0292. The molecule has 1 saturated carbocycles. The number of nitrogens with one attached hydrogen (secondary N) is 2. The first kappa shape index (κ1) is 20.1. The normalized spacial score (nSPS) is 25.3. The second-order valence-corrected chi connectivity index (χ2v) is 8.20. The number of amides is 3. The van der Waals surface area contributed by atoms with Gasteiger partial charge in [-0.05, 0) is 31.6 Å². The van der Waals surface area contributed by atoms with Gasteiger partial charge in [0.15, 0.2) is 0 Å². The van der Waals surface area contributed by atoms with Crippen molar-refractivity contribution in [3.63, 3.8) is 0 Å². The molecule has 0 bridgehead atoms. The van der Waals surface area contributed by atoms with E-state index in [9.17, 15) is 14.4 Å². The molecule has 0 spiro atoms. The number of piperidine rings is 1. The van der Waals surface area contributed by atoms with Gasteiger partial charge in [-0.2, -0.15) is 0 Å². The lowest BCUT2D eigenvalue weighted by Crippen LogP contribution is -2.57. The number of nitrogens with zero attached hydrogens (tertiary/aromatic N) is 2. The molecule has 27 heavy (non-hydrogen) atoms. The summed E-state index contributed by atoms with van der Waals surface area (Å²) in [4.78, 5) is 40.6. The van der Waals surface area contributed by atoms with Crippen LogP contribution < -0.4 is 10.6 Å². The molecule has 7 heteroatoms. The summed E-state index contributed by atoms with van der Waals surface area (Å²) in [6.45, 7) is 4.22. The quantitative estimate of drug-likeness (QED) is 0.689. The second-order valence-electron chi connectivity index (χ2n) is 8.20. The molecule has 3 rings (SSSR count). The molecule has 3 aliphatic rings. The van der Waals surface area contributed by atoms with E-state index in [4.69, 9.17) is 0 Å². The summed E-state index contributed by atoms with van der Waals surface area (Å²) in [7, 11) is 0. The van der Waals surface area contributed by atoms with Crippen LogP contribution in [0.4, 0.5) is 0 Å². The van der Waals surface area contributed by atoms with Crippen molar-refractivity contribution in [1.82, 2.24) is 20.4 Å². The van der Waals surface area contributed by atoms with Gasteiger partial charge in [-0.25, -0.2) is 0 Å². The molecule has 1 aliphatic carbocycles. The van der Waals surface area contributed by atoms with Crippen LogP contribution in [0.15, 0.2) is 0 Å².